The number of carbonyl (C=O) groups is 1. The quantitative estimate of drug-likeness (QED) is 0.814. The van der Waals surface area contributed by atoms with Gasteiger partial charge in [-0.15, -0.1) is 0 Å². The van der Waals surface area contributed by atoms with E-state index in [0.29, 0.717) is 6.42 Å². The highest BCUT2D eigenvalue weighted by Gasteiger charge is 2.15. The first kappa shape index (κ1) is 10.6. The summed E-state index contributed by atoms with van der Waals surface area (Å²) in [7, 11) is 0. The minimum atomic E-state index is -1.13. The minimum absolute atomic E-state index is 0.0403. The molecule has 0 aliphatic rings. The first-order valence-corrected chi connectivity index (χ1v) is 4.44. The van der Waals surface area contributed by atoms with E-state index in [-0.39, 0.29) is 16.1 Å². The van der Waals surface area contributed by atoms with Crippen molar-refractivity contribution in [2.45, 2.75) is 13.3 Å². The molecule has 0 spiro atoms. The van der Waals surface area contributed by atoms with Gasteiger partial charge in [-0.05, 0) is 18.1 Å². The zero-order valence-electron chi connectivity index (χ0n) is 7.54. The van der Waals surface area contributed by atoms with Crippen LogP contribution < -0.4 is 0 Å². The Hall–Kier alpha value is -1.53. The van der Waals surface area contributed by atoms with Gasteiger partial charge >= 0.3 is 5.97 Å². The van der Waals surface area contributed by atoms with Gasteiger partial charge < -0.3 is 5.11 Å². The van der Waals surface area contributed by atoms with Crippen molar-refractivity contribution in [2.24, 2.45) is 0 Å². The maximum Gasteiger partial charge on any atom is 0.337 e. The molecule has 0 aromatic heterocycles. The normalized spacial score (nSPS) is 9.50. The van der Waals surface area contributed by atoms with E-state index in [2.05, 4.69) is 0 Å². The molecule has 0 unspecified atom stereocenters. The second-order valence-corrected chi connectivity index (χ2v) is 3.11. The lowest BCUT2D eigenvalue weighted by molar-refractivity contribution is 0.0696. The van der Waals surface area contributed by atoms with Gasteiger partial charge in [0.05, 0.1) is 16.1 Å². The Balaban J connectivity index is 3.45. The van der Waals surface area contributed by atoms with Crippen LogP contribution >= 0.6 is 11.6 Å². The van der Waals surface area contributed by atoms with Crippen molar-refractivity contribution in [3.8, 4) is 6.07 Å². The topological polar surface area (TPSA) is 61.1 Å². The first-order valence-electron chi connectivity index (χ1n) is 4.06. The summed E-state index contributed by atoms with van der Waals surface area (Å²) in [5, 5.41) is 17.8. The van der Waals surface area contributed by atoms with Crippen LogP contribution in [-0.2, 0) is 6.42 Å². The molecule has 0 aliphatic carbocycles. The van der Waals surface area contributed by atoms with Gasteiger partial charge in [0, 0.05) is 0 Å². The average Bonchev–Trinajstić information content (AvgIpc) is 2.17. The summed E-state index contributed by atoms with van der Waals surface area (Å²) in [5.74, 6) is -1.13. The predicted molar refractivity (Wildman–Crippen MR) is 52.5 cm³/mol. The molecule has 1 aromatic carbocycles. The van der Waals surface area contributed by atoms with Crippen LogP contribution in [0.5, 0.6) is 0 Å². The summed E-state index contributed by atoms with van der Waals surface area (Å²) in [6.45, 7) is 1.89. The van der Waals surface area contributed by atoms with Gasteiger partial charge in [-0.2, -0.15) is 5.26 Å². The Kier molecular flexibility index (Phi) is 3.10. The fourth-order valence-electron chi connectivity index (χ4n) is 1.18. The number of benzene rings is 1. The predicted octanol–water partition coefficient (Wildman–Crippen LogP) is 2.47. The smallest absolute Gasteiger partial charge is 0.337 e. The monoisotopic (exact) mass is 209 g/mol. The summed E-state index contributed by atoms with van der Waals surface area (Å²) in [6, 6.07) is 4.85. The number of nitrogens with zero attached hydrogens (tertiary/aromatic N) is 1. The number of aryl methyl sites for hydroxylation is 1. The summed E-state index contributed by atoms with van der Waals surface area (Å²) < 4.78 is 0. The summed E-state index contributed by atoms with van der Waals surface area (Å²) in [4.78, 5) is 10.7. The Morgan fingerprint density at radius 2 is 2.29 bits per heavy atom. The maximum atomic E-state index is 10.7. The van der Waals surface area contributed by atoms with Crippen LogP contribution in [0, 0.1) is 11.3 Å². The van der Waals surface area contributed by atoms with Crippen LogP contribution in [0.25, 0.3) is 0 Å². The molecule has 1 rings (SSSR count). The Morgan fingerprint density at radius 3 is 2.71 bits per heavy atom. The minimum Gasteiger partial charge on any atom is -0.478 e. The standard InChI is InChI=1S/C10H8ClNO2/c1-2-6-3-4-7(10(13)14)8(5-12)9(6)11/h3-4H,2H2,1H3,(H,13,14). The molecule has 1 aromatic rings. The van der Waals surface area contributed by atoms with E-state index in [4.69, 9.17) is 22.0 Å². The highest BCUT2D eigenvalue weighted by molar-refractivity contribution is 6.33. The van der Waals surface area contributed by atoms with Gasteiger partial charge in [0.15, 0.2) is 0 Å². The molecule has 0 aliphatic heterocycles. The van der Waals surface area contributed by atoms with Crippen molar-refractivity contribution < 1.29 is 9.90 Å². The van der Waals surface area contributed by atoms with Gasteiger partial charge in [0.2, 0.25) is 0 Å². The van der Waals surface area contributed by atoms with Crippen molar-refractivity contribution >= 4 is 17.6 Å². The molecule has 72 valence electrons. The summed E-state index contributed by atoms with van der Waals surface area (Å²) >= 11 is 5.87. The summed E-state index contributed by atoms with van der Waals surface area (Å²) in [6.07, 6.45) is 0.674. The molecular formula is C10H8ClNO2. The van der Waals surface area contributed by atoms with E-state index in [0.717, 1.165) is 5.56 Å². The SMILES string of the molecule is CCc1ccc(C(=O)O)c(C#N)c1Cl. The van der Waals surface area contributed by atoms with Crippen molar-refractivity contribution in [3.63, 3.8) is 0 Å². The van der Waals surface area contributed by atoms with Crippen LogP contribution in [0.15, 0.2) is 12.1 Å². The number of nitriles is 1. The zero-order valence-corrected chi connectivity index (χ0v) is 8.30. The zero-order chi connectivity index (χ0) is 10.7. The number of hydrogen-bond donors (Lipinski definition) is 1. The molecular weight excluding hydrogens is 202 g/mol. The van der Waals surface area contributed by atoms with Crippen LogP contribution in [0.4, 0.5) is 0 Å². The highest BCUT2D eigenvalue weighted by atomic mass is 35.5. The van der Waals surface area contributed by atoms with Gasteiger partial charge in [0.1, 0.15) is 6.07 Å². The molecule has 1 N–H and O–H groups in total. The second-order valence-electron chi connectivity index (χ2n) is 2.73. The van der Waals surface area contributed by atoms with E-state index in [9.17, 15) is 4.79 Å². The molecule has 0 fully saturated rings. The third-order valence-corrected chi connectivity index (χ3v) is 2.38. The van der Waals surface area contributed by atoms with Crippen molar-refractivity contribution in [1.82, 2.24) is 0 Å². The molecule has 3 nitrogen and oxygen atoms in total. The summed E-state index contributed by atoms with van der Waals surface area (Å²) in [5.41, 5.74) is 0.779. The second kappa shape index (κ2) is 4.12. The van der Waals surface area contributed by atoms with Gasteiger partial charge in [0.25, 0.3) is 0 Å². The number of carboxylic acid groups (broad SMARTS) is 1. The Morgan fingerprint density at radius 1 is 1.64 bits per heavy atom. The van der Waals surface area contributed by atoms with Gasteiger partial charge in [-0.1, -0.05) is 24.6 Å². The van der Waals surface area contributed by atoms with E-state index >= 15 is 0 Å². The number of halogens is 1. The largest absolute Gasteiger partial charge is 0.478 e. The number of aromatic carboxylic acids is 1. The third kappa shape index (κ3) is 1.70. The third-order valence-electron chi connectivity index (χ3n) is 1.95. The van der Waals surface area contributed by atoms with Crippen molar-refractivity contribution in [1.29, 1.82) is 5.26 Å². The molecule has 4 heteroatoms. The van der Waals surface area contributed by atoms with Crippen LogP contribution in [0.1, 0.15) is 28.4 Å². The van der Waals surface area contributed by atoms with Crippen molar-refractivity contribution in [2.75, 3.05) is 0 Å². The van der Waals surface area contributed by atoms with Crippen LogP contribution in [-0.4, -0.2) is 11.1 Å². The fraction of sp³-hybridized carbons (Fsp3) is 0.200. The molecule has 14 heavy (non-hydrogen) atoms. The fourth-order valence-corrected chi connectivity index (χ4v) is 1.52. The lowest BCUT2D eigenvalue weighted by atomic mass is 10.0. The Bertz CT molecular complexity index is 421. The van der Waals surface area contributed by atoms with E-state index in [1.54, 1.807) is 6.07 Å². The molecule has 0 heterocycles. The number of rotatable bonds is 2. The van der Waals surface area contributed by atoms with Crippen molar-refractivity contribution in [3.05, 3.63) is 33.8 Å². The molecule has 0 bridgehead atoms. The first-order chi connectivity index (χ1) is 6.61. The van der Waals surface area contributed by atoms with Crippen LogP contribution in [0.3, 0.4) is 0 Å². The molecule has 0 amide bonds. The van der Waals surface area contributed by atoms with Gasteiger partial charge in [-0.25, -0.2) is 4.79 Å². The van der Waals surface area contributed by atoms with E-state index < -0.39 is 5.97 Å². The highest BCUT2D eigenvalue weighted by Crippen LogP contribution is 2.24. The van der Waals surface area contributed by atoms with Crippen LogP contribution in [0.2, 0.25) is 5.02 Å². The molecule has 0 atom stereocenters. The number of hydrogen-bond acceptors (Lipinski definition) is 2. The molecule has 0 radical (unpaired) electrons. The molecule has 0 saturated carbocycles. The average molecular weight is 210 g/mol. The van der Waals surface area contributed by atoms with Gasteiger partial charge in [-0.3, -0.25) is 0 Å². The van der Waals surface area contributed by atoms with E-state index in [1.807, 2.05) is 13.0 Å². The molecule has 0 saturated heterocycles. The Labute approximate surface area is 86.5 Å². The lowest BCUT2D eigenvalue weighted by Crippen LogP contribution is -2.02. The van der Waals surface area contributed by atoms with E-state index in [1.165, 1.54) is 6.07 Å². The lowest BCUT2D eigenvalue weighted by Gasteiger charge is -2.05. The number of carboxylic acids is 1. The maximum absolute atomic E-state index is 10.7.